The van der Waals surface area contributed by atoms with Crippen molar-refractivity contribution in [1.29, 1.82) is 0 Å². The lowest BCUT2D eigenvalue weighted by Crippen LogP contribution is -2.06. The van der Waals surface area contributed by atoms with Gasteiger partial charge in [-0.3, -0.25) is 0 Å². The molecule has 14 heavy (non-hydrogen) atoms. The molecular weight excluding hydrogens is 198 g/mol. The molecule has 0 aliphatic heterocycles. The fourth-order valence-electron chi connectivity index (χ4n) is 1.13. The highest BCUT2D eigenvalue weighted by atomic mass is 35.5. The number of halogens is 1. The standard InChI is InChI=1S/C11H17NO.ClH/c1-2-10-5-3-6-11(9-10)13-8-4-7-12;/h3,5-6,9H,2,4,7-8,12H2,1H3;1H. The zero-order chi connectivity index (χ0) is 9.52. The van der Waals surface area contributed by atoms with E-state index in [4.69, 9.17) is 10.5 Å². The van der Waals surface area contributed by atoms with Crippen molar-refractivity contribution in [2.45, 2.75) is 19.8 Å². The van der Waals surface area contributed by atoms with Crippen LogP contribution in [0.15, 0.2) is 24.3 Å². The predicted molar refractivity (Wildman–Crippen MR) is 62.2 cm³/mol. The van der Waals surface area contributed by atoms with Gasteiger partial charge in [-0.05, 0) is 37.1 Å². The van der Waals surface area contributed by atoms with Crippen LogP contribution in [0.5, 0.6) is 5.75 Å². The molecular formula is C11H18ClNO. The lowest BCUT2D eigenvalue weighted by atomic mass is 10.2. The van der Waals surface area contributed by atoms with Crippen molar-refractivity contribution in [3.05, 3.63) is 29.8 Å². The molecule has 1 aromatic rings. The van der Waals surface area contributed by atoms with Crippen LogP contribution >= 0.6 is 12.4 Å². The van der Waals surface area contributed by atoms with Gasteiger partial charge in [-0.25, -0.2) is 0 Å². The van der Waals surface area contributed by atoms with Crippen LogP contribution in [0.4, 0.5) is 0 Å². The Kier molecular flexibility index (Phi) is 7.25. The van der Waals surface area contributed by atoms with Gasteiger partial charge in [0.15, 0.2) is 0 Å². The Morgan fingerprint density at radius 2 is 2.14 bits per heavy atom. The Labute approximate surface area is 91.9 Å². The first kappa shape index (κ1) is 13.3. The molecule has 1 rings (SSSR count). The molecule has 0 amide bonds. The van der Waals surface area contributed by atoms with E-state index < -0.39 is 0 Å². The minimum atomic E-state index is 0. The summed E-state index contributed by atoms with van der Waals surface area (Å²) < 4.78 is 5.51. The van der Waals surface area contributed by atoms with Gasteiger partial charge >= 0.3 is 0 Å². The maximum Gasteiger partial charge on any atom is 0.119 e. The quantitative estimate of drug-likeness (QED) is 0.766. The molecule has 0 fully saturated rings. The van der Waals surface area contributed by atoms with Gasteiger partial charge < -0.3 is 10.5 Å². The lowest BCUT2D eigenvalue weighted by Gasteiger charge is -2.06. The van der Waals surface area contributed by atoms with Gasteiger partial charge in [0.1, 0.15) is 5.75 Å². The fraction of sp³-hybridized carbons (Fsp3) is 0.455. The minimum Gasteiger partial charge on any atom is -0.494 e. The van der Waals surface area contributed by atoms with Crippen LogP contribution in [-0.2, 0) is 6.42 Å². The van der Waals surface area contributed by atoms with Gasteiger partial charge in [-0.15, -0.1) is 12.4 Å². The van der Waals surface area contributed by atoms with Crippen molar-refractivity contribution < 1.29 is 4.74 Å². The van der Waals surface area contributed by atoms with Crippen LogP contribution in [0.2, 0.25) is 0 Å². The Morgan fingerprint density at radius 1 is 1.36 bits per heavy atom. The van der Waals surface area contributed by atoms with Crippen LogP contribution in [-0.4, -0.2) is 13.2 Å². The highest BCUT2D eigenvalue weighted by Gasteiger charge is 1.94. The molecule has 2 nitrogen and oxygen atoms in total. The first-order valence-corrected chi connectivity index (χ1v) is 4.78. The SMILES string of the molecule is CCc1cccc(OCCCN)c1.Cl. The molecule has 80 valence electrons. The molecule has 0 aliphatic carbocycles. The van der Waals surface area contributed by atoms with E-state index in [1.807, 2.05) is 12.1 Å². The third kappa shape index (κ3) is 4.49. The number of aryl methyl sites for hydroxylation is 1. The smallest absolute Gasteiger partial charge is 0.119 e. The summed E-state index contributed by atoms with van der Waals surface area (Å²) in [5, 5.41) is 0. The second kappa shape index (κ2) is 7.65. The largest absolute Gasteiger partial charge is 0.494 e. The van der Waals surface area contributed by atoms with Crippen molar-refractivity contribution in [2.75, 3.05) is 13.2 Å². The Hall–Kier alpha value is -0.730. The van der Waals surface area contributed by atoms with Crippen molar-refractivity contribution in [2.24, 2.45) is 5.73 Å². The molecule has 0 aliphatic rings. The van der Waals surface area contributed by atoms with E-state index in [9.17, 15) is 0 Å². The van der Waals surface area contributed by atoms with E-state index in [-0.39, 0.29) is 12.4 Å². The number of hydrogen-bond donors (Lipinski definition) is 1. The number of rotatable bonds is 5. The van der Waals surface area contributed by atoms with Gasteiger partial charge in [-0.1, -0.05) is 19.1 Å². The first-order chi connectivity index (χ1) is 6.36. The second-order valence-electron chi connectivity index (χ2n) is 2.99. The topological polar surface area (TPSA) is 35.2 Å². The van der Waals surface area contributed by atoms with Crippen molar-refractivity contribution in [1.82, 2.24) is 0 Å². The summed E-state index contributed by atoms with van der Waals surface area (Å²) in [6.07, 6.45) is 1.96. The van der Waals surface area contributed by atoms with E-state index in [1.165, 1.54) is 5.56 Å². The zero-order valence-corrected chi connectivity index (χ0v) is 9.35. The zero-order valence-electron chi connectivity index (χ0n) is 8.53. The number of ether oxygens (including phenoxy) is 1. The maximum atomic E-state index is 5.51. The van der Waals surface area contributed by atoms with Gasteiger partial charge in [0.05, 0.1) is 6.61 Å². The molecule has 1 aromatic carbocycles. The first-order valence-electron chi connectivity index (χ1n) is 4.78. The van der Waals surface area contributed by atoms with E-state index >= 15 is 0 Å². The summed E-state index contributed by atoms with van der Waals surface area (Å²) in [6, 6.07) is 8.19. The number of hydrogen-bond acceptors (Lipinski definition) is 2. The maximum absolute atomic E-state index is 5.51. The summed E-state index contributed by atoms with van der Waals surface area (Å²) in [5.74, 6) is 0.952. The van der Waals surface area contributed by atoms with Crippen molar-refractivity contribution >= 4 is 12.4 Å². The Bertz CT molecular complexity index is 253. The van der Waals surface area contributed by atoms with Gasteiger partial charge in [0, 0.05) is 0 Å². The summed E-state index contributed by atoms with van der Waals surface area (Å²) in [5.41, 5.74) is 6.68. The molecule has 0 saturated heterocycles. The third-order valence-corrected chi connectivity index (χ3v) is 1.92. The van der Waals surface area contributed by atoms with Crippen molar-refractivity contribution in [3.63, 3.8) is 0 Å². The van der Waals surface area contributed by atoms with Crippen LogP contribution in [0.1, 0.15) is 18.9 Å². The molecule has 0 unspecified atom stereocenters. The van der Waals surface area contributed by atoms with Gasteiger partial charge in [0.25, 0.3) is 0 Å². The third-order valence-electron chi connectivity index (χ3n) is 1.92. The molecule has 0 aromatic heterocycles. The fourth-order valence-corrected chi connectivity index (χ4v) is 1.13. The van der Waals surface area contributed by atoms with Crippen LogP contribution in [0.3, 0.4) is 0 Å². The molecule has 0 bridgehead atoms. The second-order valence-corrected chi connectivity index (χ2v) is 2.99. The predicted octanol–water partition coefficient (Wildman–Crippen LogP) is 2.40. The molecule has 0 spiro atoms. The molecule has 0 heterocycles. The van der Waals surface area contributed by atoms with Gasteiger partial charge in [-0.2, -0.15) is 0 Å². The highest BCUT2D eigenvalue weighted by molar-refractivity contribution is 5.85. The number of benzene rings is 1. The molecule has 2 N–H and O–H groups in total. The lowest BCUT2D eigenvalue weighted by molar-refractivity contribution is 0.313. The molecule has 0 atom stereocenters. The summed E-state index contributed by atoms with van der Waals surface area (Å²) in [4.78, 5) is 0. The average molecular weight is 216 g/mol. The van der Waals surface area contributed by atoms with Crippen LogP contribution in [0.25, 0.3) is 0 Å². The van der Waals surface area contributed by atoms with E-state index in [0.29, 0.717) is 13.2 Å². The van der Waals surface area contributed by atoms with E-state index in [1.54, 1.807) is 0 Å². The van der Waals surface area contributed by atoms with Crippen LogP contribution < -0.4 is 10.5 Å². The molecule has 0 radical (unpaired) electrons. The summed E-state index contributed by atoms with van der Waals surface area (Å²) >= 11 is 0. The van der Waals surface area contributed by atoms with E-state index in [0.717, 1.165) is 18.6 Å². The van der Waals surface area contributed by atoms with Crippen LogP contribution in [0, 0.1) is 0 Å². The Balaban J connectivity index is 0.00000169. The number of nitrogens with two attached hydrogens (primary N) is 1. The van der Waals surface area contributed by atoms with E-state index in [2.05, 4.69) is 19.1 Å². The normalized spacial score (nSPS) is 9.29. The monoisotopic (exact) mass is 215 g/mol. The summed E-state index contributed by atoms with van der Waals surface area (Å²) in [6.45, 7) is 3.54. The molecule has 0 saturated carbocycles. The highest BCUT2D eigenvalue weighted by Crippen LogP contribution is 2.13. The summed E-state index contributed by atoms with van der Waals surface area (Å²) in [7, 11) is 0. The van der Waals surface area contributed by atoms with Gasteiger partial charge in [0.2, 0.25) is 0 Å². The average Bonchev–Trinajstić information content (AvgIpc) is 2.19. The molecule has 3 heteroatoms. The van der Waals surface area contributed by atoms with Crippen molar-refractivity contribution in [3.8, 4) is 5.75 Å². The minimum absolute atomic E-state index is 0. The Morgan fingerprint density at radius 3 is 2.79 bits per heavy atom.